The van der Waals surface area contributed by atoms with E-state index in [0.717, 1.165) is 0 Å². The Hall–Kier alpha value is -2.01. The first-order valence-corrected chi connectivity index (χ1v) is 6.31. The predicted molar refractivity (Wildman–Crippen MR) is 67.9 cm³/mol. The highest BCUT2D eigenvalue weighted by molar-refractivity contribution is 7.12. The molecule has 2 rings (SSSR count). The lowest BCUT2D eigenvalue weighted by atomic mass is 10.1. The monoisotopic (exact) mass is 261 g/mol. The maximum absolute atomic E-state index is 12.2. The van der Waals surface area contributed by atoms with Crippen molar-refractivity contribution in [3.8, 4) is 0 Å². The highest BCUT2D eigenvalue weighted by Crippen LogP contribution is 2.21. The van der Waals surface area contributed by atoms with E-state index in [1.807, 2.05) is 0 Å². The highest BCUT2D eigenvalue weighted by atomic mass is 32.1. The highest BCUT2D eigenvalue weighted by Gasteiger charge is 2.20. The molecule has 5 heteroatoms. The first-order valence-electron chi connectivity index (χ1n) is 5.43. The van der Waals surface area contributed by atoms with Gasteiger partial charge in [-0.1, -0.05) is 0 Å². The Kier molecular flexibility index (Phi) is 3.84. The molecule has 18 heavy (non-hydrogen) atoms. The molecule has 92 valence electrons. The number of rotatable bonds is 4. The summed E-state index contributed by atoms with van der Waals surface area (Å²) >= 11 is 1.24. The summed E-state index contributed by atoms with van der Waals surface area (Å²) in [6.45, 7) is 2.02. The first kappa shape index (κ1) is 12.4. The zero-order valence-corrected chi connectivity index (χ0v) is 10.6. The number of ketones is 1. The van der Waals surface area contributed by atoms with Crippen LogP contribution in [0.25, 0.3) is 0 Å². The summed E-state index contributed by atoms with van der Waals surface area (Å²) in [6.07, 6.45) is 3.09. The number of aromatic nitrogens is 1. The molecule has 0 radical (unpaired) electrons. The number of nitrogens with zero attached hydrogens (tertiary/aromatic N) is 1. The standard InChI is InChI=1S/C13H11NO3S/c1-2-17-13(16)10-5-8-18-12(10)11(15)9-3-6-14-7-4-9/h3-8H,2H2,1H3. The van der Waals surface area contributed by atoms with E-state index in [9.17, 15) is 9.59 Å². The SMILES string of the molecule is CCOC(=O)c1ccsc1C(=O)c1ccncc1. The van der Waals surface area contributed by atoms with Crippen LogP contribution in [0.5, 0.6) is 0 Å². The van der Waals surface area contributed by atoms with E-state index in [1.54, 1.807) is 42.9 Å². The van der Waals surface area contributed by atoms with Gasteiger partial charge in [-0.05, 0) is 30.5 Å². The van der Waals surface area contributed by atoms with Gasteiger partial charge in [0.15, 0.2) is 0 Å². The Morgan fingerprint density at radius 2 is 2.00 bits per heavy atom. The van der Waals surface area contributed by atoms with E-state index in [-0.39, 0.29) is 12.4 Å². The van der Waals surface area contributed by atoms with E-state index >= 15 is 0 Å². The molecule has 0 amide bonds. The zero-order chi connectivity index (χ0) is 13.0. The van der Waals surface area contributed by atoms with Crippen molar-refractivity contribution in [3.05, 3.63) is 52.0 Å². The van der Waals surface area contributed by atoms with Gasteiger partial charge in [-0.25, -0.2) is 4.79 Å². The molecule has 0 bridgehead atoms. The summed E-state index contributed by atoms with van der Waals surface area (Å²) in [5, 5.41) is 1.71. The minimum absolute atomic E-state index is 0.185. The molecule has 4 nitrogen and oxygen atoms in total. The van der Waals surface area contributed by atoms with Gasteiger partial charge in [0, 0.05) is 18.0 Å². The van der Waals surface area contributed by atoms with Gasteiger partial charge in [-0.15, -0.1) is 11.3 Å². The summed E-state index contributed by atoms with van der Waals surface area (Å²) in [6, 6.07) is 4.85. The van der Waals surface area contributed by atoms with Gasteiger partial charge >= 0.3 is 5.97 Å². The minimum atomic E-state index is -0.462. The van der Waals surface area contributed by atoms with Crippen molar-refractivity contribution >= 4 is 23.1 Å². The van der Waals surface area contributed by atoms with E-state index in [1.165, 1.54) is 11.3 Å². The third kappa shape index (κ3) is 2.46. The van der Waals surface area contributed by atoms with Crippen molar-refractivity contribution in [1.29, 1.82) is 0 Å². The molecule has 0 saturated carbocycles. The van der Waals surface area contributed by atoms with E-state index in [2.05, 4.69) is 4.98 Å². The Labute approximate surface area is 108 Å². The molecule has 0 N–H and O–H groups in total. The first-order chi connectivity index (χ1) is 8.74. The Morgan fingerprint density at radius 3 is 2.67 bits per heavy atom. The van der Waals surface area contributed by atoms with Crippen LogP contribution in [0.3, 0.4) is 0 Å². The lowest BCUT2D eigenvalue weighted by molar-refractivity contribution is 0.0524. The van der Waals surface area contributed by atoms with Crippen LogP contribution in [0.1, 0.15) is 32.5 Å². The second kappa shape index (κ2) is 5.55. The zero-order valence-electron chi connectivity index (χ0n) is 9.75. The Balaban J connectivity index is 2.32. The summed E-state index contributed by atoms with van der Waals surface area (Å²) in [5.74, 6) is -0.647. The summed E-state index contributed by atoms with van der Waals surface area (Å²) < 4.78 is 4.92. The summed E-state index contributed by atoms with van der Waals surface area (Å²) in [4.78, 5) is 28.2. The van der Waals surface area contributed by atoms with Crippen LogP contribution in [0.15, 0.2) is 36.0 Å². The molecule has 2 aromatic heterocycles. The summed E-state index contributed by atoms with van der Waals surface area (Å²) in [5.41, 5.74) is 0.835. The second-order valence-corrected chi connectivity index (χ2v) is 4.36. The lowest BCUT2D eigenvalue weighted by Crippen LogP contribution is -2.09. The summed E-state index contributed by atoms with van der Waals surface area (Å²) in [7, 11) is 0. The number of ether oxygens (including phenoxy) is 1. The van der Waals surface area contributed by atoms with Crippen molar-refractivity contribution in [2.45, 2.75) is 6.92 Å². The predicted octanol–water partition coefficient (Wildman–Crippen LogP) is 2.55. The molecule has 0 fully saturated rings. The number of hydrogen-bond acceptors (Lipinski definition) is 5. The average molecular weight is 261 g/mol. The fraction of sp³-hybridized carbons (Fsp3) is 0.154. The fourth-order valence-electron chi connectivity index (χ4n) is 1.49. The van der Waals surface area contributed by atoms with Crippen molar-refractivity contribution < 1.29 is 14.3 Å². The number of carbonyl (C=O) groups excluding carboxylic acids is 2. The van der Waals surface area contributed by atoms with Gasteiger partial charge in [0.25, 0.3) is 0 Å². The van der Waals surface area contributed by atoms with Crippen molar-refractivity contribution in [2.75, 3.05) is 6.61 Å². The van der Waals surface area contributed by atoms with E-state index < -0.39 is 5.97 Å². The molecular weight excluding hydrogens is 250 g/mol. The molecule has 0 aromatic carbocycles. The molecule has 2 aromatic rings. The molecular formula is C13H11NO3S. The van der Waals surface area contributed by atoms with Gasteiger partial charge < -0.3 is 4.74 Å². The third-order valence-corrected chi connectivity index (χ3v) is 3.22. The van der Waals surface area contributed by atoms with Crippen LogP contribution in [0.4, 0.5) is 0 Å². The maximum Gasteiger partial charge on any atom is 0.339 e. The molecule has 0 saturated heterocycles. The third-order valence-electron chi connectivity index (χ3n) is 2.31. The quantitative estimate of drug-likeness (QED) is 0.627. The van der Waals surface area contributed by atoms with Gasteiger partial charge in [-0.2, -0.15) is 0 Å². The topological polar surface area (TPSA) is 56.3 Å². The number of thiophene rings is 1. The maximum atomic E-state index is 12.2. The number of carbonyl (C=O) groups is 2. The lowest BCUT2D eigenvalue weighted by Gasteiger charge is -2.03. The molecule has 0 aliphatic rings. The Bertz CT molecular complexity index is 563. The Morgan fingerprint density at radius 1 is 1.28 bits per heavy atom. The number of pyridine rings is 1. The molecule has 0 atom stereocenters. The van der Waals surface area contributed by atoms with Crippen LogP contribution in [-0.4, -0.2) is 23.3 Å². The molecule has 0 aliphatic heterocycles. The average Bonchev–Trinajstić information content (AvgIpc) is 2.88. The van der Waals surface area contributed by atoms with Crippen LogP contribution >= 0.6 is 11.3 Å². The molecule has 0 aliphatic carbocycles. The number of esters is 1. The van der Waals surface area contributed by atoms with Gasteiger partial charge in [0.2, 0.25) is 5.78 Å². The van der Waals surface area contributed by atoms with Gasteiger partial charge in [-0.3, -0.25) is 9.78 Å². The largest absolute Gasteiger partial charge is 0.462 e. The van der Waals surface area contributed by atoms with Crippen LogP contribution in [0, 0.1) is 0 Å². The van der Waals surface area contributed by atoms with Crippen molar-refractivity contribution in [3.63, 3.8) is 0 Å². The van der Waals surface area contributed by atoms with Crippen molar-refractivity contribution in [1.82, 2.24) is 4.98 Å². The fourth-order valence-corrected chi connectivity index (χ4v) is 2.33. The van der Waals surface area contributed by atoms with Gasteiger partial charge in [0.05, 0.1) is 17.0 Å². The number of hydrogen-bond donors (Lipinski definition) is 0. The van der Waals surface area contributed by atoms with Crippen LogP contribution in [0.2, 0.25) is 0 Å². The van der Waals surface area contributed by atoms with Gasteiger partial charge in [0.1, 0.15) is 0 Å². The normalized spacial score (nSPS) is 10.1. The minimum Gasteiger partial charge on any atom is -0.462 e. The van der Waals surface area contributed by atoms with Crippen LogP contribution in [-0.2, 0) is 4.74 Å². The smallest absolute Gasteiger partial charge is 0.339 e. The molecule has 2 heterocycles. The van der Waals surface area contributed by atoms with Crippen molar-refractivity contribution in [2.24, 2.45) is 0 Å². The second-order valence-electron chi connectivity index (χ2n) is 3.45. The molecule has 0 unspecified atom stereocenters. The van der Waals surface area contributed by atoms with E-state index in [0.29, 0.717) is 16.0 Å². The molecule has 0 spiro atoms. The van der Waals surface area contributed by atoms with E-state index in [4.69, 9.17) is 4.74 Å². The van der Waals surface area contributed by atoms with Crippen LogP contribution < -0.4 is 0 Å².